The van der Waals surface area contributed by atoms with Crippen LogP contribution < -0.4 is 0 Å². The molecule has 2 heterocycles. The number of methoxy groups -OCH3 is 1. The van der Waals surface area contributed by atoms with Crippen LogP contribution in [0.3, 0.4) is 0 Å². The number of hydrogen-bond donors (Lipinski definition) is 0. The van der Waals surface area contributed by atoms with Crippen molar-refractivity contribution in [3.63, 3.8) is 0 Å². The van der Waals surface area contributed by atoms with Gasteiger partial charge in [0.05, 0.1) is 36.5 Å². The van der Waals surface area contributed by atoms with Crippen molar-refractivity contribution in [2.45, 2.75) is 81.5 Å². The van der Waals surface area contributed by atoms with Crippen LogP contribution in [-0.4, -0.2) is 106 Å². The highest BCUT2D eigenvalue weighted by molar-refractivity contribution is 5.91. The Hall–Kier alpha value is -6.95. The van der Waals surface area contributed by atoms with Crippen LogP contribution in [0.2, 0.25) is 0 Å². The first-order valence-electron chi connectivity index (χ1n) is 21.4. The van der Waals surface area contributed by atoms with Gasteiger partial charge in [0.25, 0.3) is 0 Å². The van der Waals surface area contributed by atoms with Crippen LogP contribution in [0.4, 0.5) is 0 Å². The second kappa shape index (κ2) is 24.0. The minimum atomic E-state index is -1.57. The Balaban J connectivity index is 1.24. The predicted octanol–water partition coefficient (Wildman–Crippen LogP) is 7.19. The number of hydrogen-bond acceptors (Lipinski definition) is 15. The Labute approximate surface area is 386 Å². The van der Waals surface area contributed by atoms with Gasteiger partial charge in [-0.05, 0) is 53.1 Å². The van der Waals surface area contributed by atoms with Crippen molar-refractivity contribution < 1.29 is 66.5 Å². The molecule has 2 aliphatic heterocycles. The topological polar surface area (TPSA) is 209 Å². The lowest BCUT2D eigenvalue weighted by Gasteiger charge is -2.46. The van der Waals surface area contributed by atoms with Crippen LogP contribution in [-0.2, 0) is 65.4 Å². The van der Waals surface area contributed by atoms with Crippen LogP contribution in [0.1, 0.15) is 49.1 Å². The summed E-state index contributed by atoms with van der Waals surface area (Å²) in [5.41, 5.74) is 12.1. The van der Waals surface area contributed by atoms with E-state index in [2.05, 4.69) is 10.0 Å². The molecule has 17 nitrogen and oxygen atoms in total. The van der Waals surface area contributed by atoms with E-state index in [0.717, 1.165) is 11.1 Å². The quantitative estimate of drug-likeness (QED) is 0.0264. The first-order valence-corrected chi connectivity index (χ1v) is 21.4. The zero-order valence-corrected chi connectivity index (χ0v) is 36.6. The molecule has 0 aromatic heterocycles. The lowest BCUT2D eigenvalue weighted by Crippen LogP contribution is -2.64. The van der Waals surface area contributed by atoms with Crippen molar-refractivity contribution in [1.82, 2.24) is 0 Å². The molecule has 2 saturated heterocycles. The largest absolute Gasteiger partial charge is 0.463 e. The molecular formula is C50H49N3O14. The van der Waals surface area contributed by atoms with Gasteiger partial charge in [-0.3, -0.25) is 4.79 Å². The highest BCUT2D eigenvalue weighted by Crippen LogP contribution is 2.35. The molecule has 0 bridgehead atoms. The summed E-state index contributed by atoms with van der Waals surface area (Å²) in [6.45, 7) is 0.578. The minimum Gasteiger partial charge on any atom is -0.463 e. The number of rotatable bonds is 19. The number of carbonyl (C=O) groups excluding carboxylic acids is 4. The van der Waals surface area contributed by atoms with E-state index in [9.17, 15) is 24.7 Å². The van der Waals surface area contributed by atoms with Crippen molar-refractivity contribution >= 4 is 23.9 Å². The predicted molar refractivity (Wildman–Crippen MR) is 237 cm³/mol. The van der Waals surface area contributed by atoms with E-state index in [0.29, 0.717) is 0 Å². The van der Waals surface area contributed by atoms with E-state index >= 15 is 0 Å². The summed E-state index contributed by atoms with van der Waals surface area (Å²) < 4.78 is 61.8. The first-order chi connectivity index (χ1) is 32.7. The van der Waals surface area contributed by atoms with Crippen molar-refractivity contribution in [3.8, 4) is 0 Å². The fourth-order valence-electron chi connectivity index (χ4n) is 7.56. The van der Waals surface area contributed by atoms with Gasteiger partial charge < -0.3 is 47.4 Å². The number of esters is 4. The second-order valence-electron chi connectivity index (χ2n) is 15.4. The summed E-state index contributed by atoms with van der Waals surface area (Å²) in [6.07, 6.45) is -12.0. The van der Waals surface area contributed by atoms with Gasteiger partial charge in [0, 0.05) is 18.9 Å². The molecule has 67 heavy (non-hydrogen) atoms. The van der Waals surface area contributed by atoms with Gasteiger partial charge in [0.1, 0.15) is 37.1 Å². The minimum absolute atomic E-state index is 0.0531. The lowest BCUT2D eigenvalue weighted by molar-refractivity contribution is -0.317. The molecule has 5 aromatic rings. The third-order valence-corrected chi connectivity index (χ3v) is 10.8. The van der Waals surface area contributed by atoms with Crippen LogP contribution in [0.25, 0.3) is 10.4 Å². The van der Waals surface area contributed by atoms with E-state index in [1.165, 1.54) is 50.4 Å². The fourth-order valence-corrected chi connectivity index (χ4v) is 7.56. The van der Waals surface area contributed by atoms with E-state index in [4.69, 9.17) is 47.4 Å². The number of nitrogens with zero attached hydrogens (tertiary/aromatic N) is 3. The molecule has 0 amide bonds. The molecular weight excluding hydrogens is 867 g/mol. The summed E-state index contributed by atoms with van der Waals surface area (Å²) in [7, 11) is 1.30. The zero-order chi connectivity index (χ0) is 47.0. The number of ether oxygens (including phenoxy) is 10. The van der Waals surface area contributed by atoms with Gasteiger partial charge >= 0.3 is 23.9 Å². The van der Waals surface area contributed by atoms with Crippen molar-refractivity contribution in [1.29, 1.82) is 0 Å². The van der Waals surface area contributed by atoms with Gasteiger partial charge in [-0.25, -0.2) is 14.4 Å². The lowest BCUT2D eigenvalue weighted by atomic mass is 9.96. The number of azide groups is 1. The Morgan fingerprint density at radius 3 is 1.40 bits per heavy atom. The monoisotopic (exact) mass is 915 g/mol. The zero-order valence-electron chi connectivity index (χ0n) is 36.6. The third kappa shape index (κ3) is 12.9. The number of carbonyl (C=O) groups is 4. The van der Waals surface area contributed by atoms with Gasteiger partial charge in [-0.15, -0.1) is 0 Å². The maximum atomic E-state index is 14.0. The van der Waals surface area contributed by atoms with Crippen molar-refractivity contribution in [2.75, 3.05) is 20.3 Å². The van der Waals surface area contributed by atoms with Crippen LogP contribution in [0.15, 0.2) is 157 Å². The van der Waals surface area contributed by atoms with Crippen molar-refractivity contribution in [2.24, 2.45) is 5.11 Å². The molecule has 0 spiro atoms. The summed E-state index contributed by atoms with van der Waals surface area (Å²) in [6, 6.07) is 41.6. The standard InChI is InChI=1S/C50H49N3O14/c1-32(54)59-30-38-41(60-28-33-18-8-3-9-19-33)43(61-29-34-20-10-4-11-21-34)40(52-53-51)49(63-38)62-31-39-42(65-46(55)35-22-12-5-13-23-35)44(66-47(56)36-24-14-6-15-25-36)45(50(58-2)64-39)67-48(57)37-26-16-7-17-27-37/h3-27,38-45,49-50H,28-31H2,1-2H3/t38-,39-,40-,41+,42-,43-,44+,45-,49-,50+/m1/s1. The molecule has 0 N–H and O–H groups in total. The summed E-state index contributed by atoms with van der Waals surface area (Å²) in [5.74, 6) is -3.07. The molecule has 0 aliphatic carbocycles. The van der Waals surface area contributed by atoms with E-state index in [-0.39, 0.29) is 36.5 Å². The molecule has 0 saturated carbocycles. The summed E-state index contributed by atoms with van der Waals surface area (Å²) >= 11 is 0. The molecule has 0 radical (unpaired) electrons. The van der Waals surface area contributed by atoms with Gasteiger partial charge in [0.15, 0.2) is 30.9 Å². The molecule has 5 aromatic carbocycles. The second-order valence-corrected chi connectivity index (χ2v) is 15.4. The number of benzene rings is 5. The Morgan fingerprint density at radius 1 is 0.522 bits per heavy atom. The summed E-state index contributed by atoms with van der Waals surface area (Å²) in [4.78, 5) is 56.9. The smallest absolute Gasteiger partial charge is 0.338 e. The highest BCUT2D eigenvalue weighted by atomic mass is 16.7. The maximum Gasteiger partial charge on any atom is 0.338 e. The first kappa shape index (κ1) is 48.0. The molecule has 0 unspecified atom stereocenters. The fraction of sp³-hybridized carbons (Fsp3) is 0.320. The SMILES string of the molecule is CO[C@H]1O[C@H](CO[C@@H]2O[C@H](COC(C)=O)[C@H](OCc3ccccc3)[C@H](OCc3ccccc3)[C@H]2N=[N+]=[N-])[C@@H](OC(=O)c2ccccc2)[C@H](OC(=O)c2ccccc2)[C@H]1OC(=O)c1ccccc1. The van der Waals surface area contributed by atoms with Crippen LogP contribution in [0, 0.1) is 0 Å². The van der Waals surface area contributed by atoms with Gasteiger partial charge in [-0.2, -0.15) is 0 Å². The van der Waals surface area contributed by atoms with Gasteiger partial charge in [-0.1, -0.05) is 120 Å². The molecule has 2 fully saturated rings. The average Bonchev–Trinajstić information content (AvgIpc) is 3.37. The van der Waals surface area contributed by atoms with Gasteiger partial charge in [0.2, 0.25) is 0 Å². The van der Waals surface area contributed by atoms with Crippen LogP contribution in [0.5, 0.6) is 0 Å². The molecule has 7 rings (SSSR count). The van der Waals surface area contributed by atoms with Crippen LogP contribution >= 0.6 is 0 Å². The Bertz CT molecular complexity index is 2410. The van der Waals surface area contributed by atoms with Crippen molar-refractivity contribution in [3.05, 3.63) is 190 Å². The normalized spacial score (nSPS) is 24.6. The molecule has 17 heteroatoms. The molecule has 2 aliphatic rings. The average molecular weight is 916 g/mol. The summed E-state index contributed by atoms with van der Waals surface area (Å²) in [5, 5.41) is 4.10. The molecule has 348 valence electrons. The van der Waals surface area contributed by atoms with E-state index < -0.39 is 91.8 Å². The third-order valence-electron chi connectivity index (χ3n) is 10.8. The molecule has 10 atom stereocenters. The Kier molecular flexibility index (Phi) is 17.2. The Morgan fingerprint density at radius 2 is 0.940 bits per heavy atom. The van der Waals surface area contributed by atoms with E-state index in [1.54, 1.807) is 54.6 Å². The highest BCUT2D eigenvalue weighted by Gasteiger charge is 2.54. The van der Waals surface area contributed by atoms with E-state index in [1.807, 2.05) is 60.7 Å². The maximum absolute atomic E-state index is 14.0.